The van der Waals surface area contributed by atoms with Gasteiger partial charge in [-0.2, -0.15) is 9.61 Å². The summed E-state index contributed by atoms with van der Waals surface area (Å²) in [5.74, 6) is 0.864. The molecule has 0 saturated heterocycles. The Morgan fingerprint density at radius 3 is 2.47 bits per heavy atom. The Balaban J connectivity index is 1.63. The van der Waals surface area contributed by atoms with Gasteiger partial charge in [0.05, 0.1) is 11.9 Å². The molecule has 0 saturated carbocycles. The summed E-state index contributed by atoms with van der Waals surface area (Å²) in [6.45, 7) is 0.636. The van der Waals surface area contributed by atoms with Crippen molar-refractivity contribution in [3.05, 3.63) is 102 Å². The molecule has 0 spiro atoms. The van der Waals surface area contributed by atoms with Crippen molar-refractivity contribution in [3.63, 3.8) is 0 Å². The van der Waals surface area contributed by atoms with Gasteiger partial charge in [-0.25, -0.2) is 4.98 Å². The number of anilines is 1. The Kier molecular flexibility index (Phi) is 4.87. The normalized spacial score (nSPS) is 11.0. The van der Waals surface area contributed by atoms with Crippen LogP contribution < -0.4 is 5.32 Å². The maximum Gasteiger partial charge on any atom is 0.165 e. The third-order valence-corrected chi connectivity index (χ3v) is 5.14. The van der Waals surface area contributed by atoms with E-state index in [1.54, 1.807) is 6.20 Å². The van der Waals surface area contributed by atoms with Crippen LogP contribution in [-0.2, 0) is 6.54 Å². The van der Waals surface area contributed by atoms with Crippen molar-refractivity contribution in [1.29, 1.82) is 0 Å². The molecular formula is C24H18ClN5. The van der Waals surface area contributed by atoms with Crippen molar-refractivity contribution in [2.24, 2.45) is 0 Å². The summed E-state index contributed by atoms with van der Waals surface area (Å²) in [5, 5.41) is 8.80. The topological polar surface area (TPSA) is 55.1 Å². The van der Waals surface area contributed by atoms with E-state index in [-0.39, 0.29) is 0 Å². The van der Waals surface area contributed by atoms with Gasteiger partial charge < -0.3 is 5.32 Å². The minimum Gasteiger partial charge on any atom is -0.366 e. The van der Waals surface area contributed by atoms with Crippen molar-refractivity contribution in [3.8, 4) is 22.4 Å². The highest BCUT2D eigenvalue weighted by Crippen LogP contribution is 2.29. The van der Waals surface area contributed by atoms with Gasteiger partial charge in [0, 0.05) is 41.2 Å². The van der Waals surface area contributed by atoms with Gasteiger partial charge in [0.1, 0.15) is 5.82 Å². The number of nitrogens with zero attached hydrogens (tertiary/aromatic N) is 4. The first-order chi connectivity index (χ1) is 14.8. The van der Waals surface area contributed by atoms with Crippen LogP contribution in [0.1, 0.15) is 5.56 Å². The van der Waals surface area contributed by atoms with E-state index in [2.05, 4.69) is 27.5 Å². The molecule has 0 atom stereocenters. The van der Waals surface area contributed by atoms with E-state index in [0.717, 1.165) is 39.4 Å². The van der Waals surface area contributed by atoms with Crippen LogP contribution in [0.3, 0.4) is 0 Å². The van der Waals surface area contributed by atoms with Crippen LogP contribution in [0.25, 0.3) is 28.0 Å². The zero-order chi connectivity index (χ0) is 20.3. The third-order valence-electron chi connectivity index (χ3n) is 4.89. The molecule has 146 valence electrons. The second-order valence-corrected chi connectivity index (χ2v) is 7.34. The number of nitrogens with one attached hydrogen (secondary N) is 1. The van der Waals surface area contributed by atoms with E-state index in [4.69, 9.17) is 16.6 Å². The molecule has 5 aromatic rings. The summed E-state index contributed by atoms with van der Waals surface area (Å²) >= 11 is 6.07. The van der Waals surface area contributed by atoms with Crippen LogP contribution in [0, 0.1) is 0 Å². The molecule has 3 aromatic heterocycles. The first-order valence-corrected chi connectivity index (χ1v) is 9.99. The zero-order valence-electron chi connectivity index (χ0n) is 16.0. The SMILES string of the molecule is Clc1ccc(-c2cnn3c(NCc4cccnc4)cc(-c4ccccc4)nc23)cc1. The van der Waals surface area contributed by atoms with E-state index in [1.807, 2.05) is 77.6 Å². The average molecular weight is 412 g/mol. The van der Waals surface area contributed by atoms with Crippen LogP contribution in [-0.4, -0.2) is 19.6 Å². The van der Waals surface area contributed by atoms with Crippen molar-refractivity contribution in [1.82, 2.24) is 19.6 Å². The molecule has 0 aliphatic carbocycles. The lowest BCUT2D eigenvalue weighted by Gasteiger charge is -2.11. The molecule has 0 aliphatic heterocycles. The van der Waals surface area contributed by atoms with Crippen LogP contribution in [0.2, 0.25) is 5.02 Å². The highest BCUT2D eigenvalue weighted by Gasteiger charge is 2.14. The zero-order valence-corrected chi connectivity index (χ0v) is 16.8. The first-order valence-electron chi connectivity index (χ1n) is 9.61. The molecular weight excluding hydrogens is 394 g/mol. The summed E-state index contributed by atoms with van der Waals surface area (Å²) in [6.07, 6.45) is 5.47. The van der Waals surface area contributed by atoms with Gasteiger partial charge >= 0.3 is 0 Å². The summed E-state index contributed by atoms with van der Waals surface area (Å²) in [6, 6.07) is 23.9. The van der Waals surface area contributed by atoms with Crippen molar-refractivity contribution in [2.75, 3.05) is 5.32 Å². The number of hydrogen-bond acceptors (Lipinski definition) is 4. The highest BCUT2D eigenvalue weighted by atomic mass is 35.5. The van der Waals surface area contributed by atoms with Crippen molar-refractivity contribution < 1.29 is 0 Å². The molecule has 30 heavy (non-hydrogen) atoms. The number of fused-ring (bicyclic) bond motifs is 1. The monoisotopic (exact) mass is 411 g/mol. The molecule has 2 aromatic carbocycles. The number of hydrogen-bond donors (Lipinski definition) is 1. The number of benzene rings is 2. The predicted octanol–water partition coefficient (Wildman–Crippen LogP) is 5.72. The Hall–Kier alpha value is -3.70. The van der Waals surface area contributed by atoms with Gasteiger partial charge in [-0.1, -0.05) is 60.1 Å². The highest BCUT2D eigenvalue weighted by molar-refractivity contribution is 6.30. The van der Waals surface area contributed by atoms with Crippen LogP contribution >= 0.6 is 11.6 Å². The fraction of sp³-hybridized carbons (Fsp3) is 0.0417. The van der Waals surface area contributed by atoms with Gasteiger partial charge in [0.25, 0.3) is 0 Å². The minimum atomic E-state index is 0.636. The van der Waals surface area contributed by atoms with Crippen molar-refractivity contribution >= 4 is 23.1 Å². The smallest absolute Gasteiger partial charge is 0.165 e. The molecule has 0 amide bonds. The molecule has 0 bridgehead atoms. The van der Waals surface area contributed by atoms with Gasteiger partial charge in [0.15, 0.2) is 5.65 Å². The Bertz CT molecular complexity index is 1280. The molecule has 0 fully saturated rings. The number of rotatable bonds is 5. The van der Waals surface area contributed by atoms with E-state index < -0.39 is 0 Å². The van der Waals surface area contributed by atoms with E-state index in [9.17, 15) is 0 Å². The maximum atomic E-state index is 6.07. The van der Waals surface area contributed by atoms with Gasteiger partial charge in [0.2, 0.25) is 0 Å². The Labute approximate surface area is 179 Å². The number of aromatic nitrogens is 4. The Morgan fingerprint density at radius 1 is 0.867 bits per heavy atom. The van der Waals surface area contributed by atoms with E-state index in [0.29, 0.717) is 11.6 Å². The third kappa shape index (κ3) is 3.63. The average Bonchev–Trinajstić information content (AvgIpc) is 3.23. The quantitative estimate of drug-likeness (QED) is 0.401. The van der Waals surface area contributed by atoms with Crippen molar-refractivity contribution in [2.45, 2.75) is 6.54 Å². The molecule has 0 aliphatic rings. The van der Waals surface area contributed by atoms with E-state index >= 15 is 0 Å². The second-order valence-electron chi connectivity index (χ2n) is 6.91. The molecule has 3 heterocycles. The Morgan fingerprint density at radius 2 is 1.70 bits per heavy atom. The molecule has 0 radical (unpaired) electrons. The van der Waals surface area contributed by atoms with Gasteiger partial charge in [-0.15, -0.1) is 0 Å². The number of halogens is 1. The maximum absolute atomic E-state index is 6.07. The van der Waals surface area contributed by atoms with Crippen LogP contribution in [0.4, 0.5) is 5.82 Å². The fourth-order valence-electron chi connectivity index (χ4n) is 3.37. The lowest BCUT2D eigenvalue weighted by Crippen LogP contribution is -2.07. The largest absolute Gasteiger partial charge is 0.366 e. The summed E-state index contributed by atoms with van der Waals surface area (Å²) < 4.78 is 1.84. The minimum absolute atomic E-state index is 0.636. The molecule has 5 rings (SSSR count). The summed E-state index contributed by atoms with van der Waals surface area (Å²) in [5.41, 5.74) is 5.78. The second kappa shape index (κ2) is 7.97. The van der Waals surface area contributed by atoms with Crippen LogP contribution in [0.5, 0.6) is 0 Å². The van der Waals surface area contributed by atoms with E-state index in [1.165, 1.54) is 0 Å². The summed E-state index contributed by atoms with van der Waals surface area (Å²) in [7, 11) is 0. The van der Waals surface area contributed by atoms with Gasteiger partial charge in [-0.3, -0.25) is 4.98 Å². The summed E-state index contributed by atoms with van der Waals surface area (Å²) in [4.78, 5) is 9.12. The van der Waals surface area contributed by atoms with Crippen LogP contribution in [0.15, 0.2) is 91.4 Å². The molecule has 0 unspecified atom stereocenters. The molecule has 1 N–H and O–H groups in total. The lowest BCUT2D eigenvalue weighted by atomic mass is 10.1. The number of pyridine rings is 1. The predicted molar refractivity (Wildman–Crippen MR) is 120 cm³/mol. The first kappa shape index (κ1) is 18.3. The van der Waals surface area contributed by atoms with Gasteiger partial charge in [-0.05, 0) is 29.3 Å². The molecule has 6 heteroatoms. The fourth-order valence-corrected chi connectivity index (χ4v) is 3.50. The lowest BCUT2D eigenvalue weighted by molar-refractivity contribution is 0.925. The molecule has 5 nitrogen and oxygen atoms in total. The standard InChI is InChI=1S/C24H18ClN5/c25-20-10-8-18(9-11-20)21-16-28-30-23(27-15-17-5-4-12-26-14-17)13-22(29-24(21)30)19-6-2-1-3-7-19/h1-14,16,27H,15H2.